The van der Waals surface area contributed by atoms with Gasteiger partial charge in [-0.3, -0.25) is 4.79 Å². The second kappa shape index (κ2) is 9.71. The topological polar surface area (TPSA) is 63.4 Å². The van der Waals surface area contributed by atoms with Gasteiger partial charge in [-0.05, 0) is 53.6 Å². The maximum atomic E-state index is 12.5. The number of methoxy groups -OCH3 is 1. The summed E-state index contributed by atoms with van der Waals surface area (Å²) in [7, 11) is 1.61. The smallest absolute Gasteiger partial charge is 0.257 e. The van der Waals surface area contributed by atoms with Gasteiger partial charge in [0.05, 0.1) is 7.11 Å². The molecule has 0 unspecified atom stereocenters. The molecular formula is C25H23BrN2O3. The average molecular weight is 479 g/mol. The van der Waals surface area contributed by atoms with Gasteiger partial charge in [-0.1, -0.05) is 46.3 Å². The van der Waals surface area contributed by atoms with Crippen molar-refractivity contribution in [2.75, 3.05) is 20.3 Å². The minimum atomic E-state index is -0.169. The first kappa shape index (κ1) is 21.0. The number of hydrogen-bond donors (Lipinski definition) is 2. The molecule has 31 heavy (non-hydrogen) atoms. The fourth-order valence-corrected chi connectivity index (χ4v) is 3.84. The number of fused-ring (bicyclic) bond motifs is 1. The maximum Gasteiger partial charge on any atom is 0.257 e. The van der Waals surface area contributed by atoms with Crippen molar-refractivity contribution in [3.63, 3.8) is 0 Å². The molecule has 5 nitrogen and oxygen atoms in total. The second-order valence-electron chi connectivity index (χ2n) is 7.16. The van der Waals surface area contributed by atoms with E-state index >= 15 is 0 Å². The Morgan fingerprint density at radius 1 is 1.00 bits per heavy atom. The standard InChI is InChI=1S/C25H23BrN2O3/c1-30-19-10-12-20(13-11-19)31-16-25(29)28-14-22(17-6-8-18(26)9-7-17)23-15-27-24-5-3-2-4-21(23)24/h2-13,15,22,27H,14,16H2,1H3,(H,28,29)/t22-/m0/s1. The normalized spacial score (nSPS) is 11.8. The summed E-state index contributed by atoms with van der Waals surface area (Å²) in [6.07, 6.45) is 2.03. The summed E-state index contributed by atoms with van der Waals surface area (Å²) < 4.78 is 11.8. The number of amides is 1. The SMILES string of the molecule is COc1ccc(OCC(=O)NC[C@@H](c2ccc(Br)cc2)c2c[nH]c3ccccc23)cc1. The van der Waals surface area contributed by atoms with Gasteiger partial charge >= 0.3 is 0 Å². The van der Waals surface area contributed by atoms with Gasteiger partial charge in [0.2, 0.25) is 0 Å². The number of ether oxygens (including phenoxy) is 2. The van der Waals surface area contributed by atoms with E-state index in [-0.39, 0.29) is 18.4 Å². The second-order valence-corrected chi connectivity index (χ2v) is 8.08. The number of nitrogens with one attached hydrogen (secondary N) is 2. The summed E-state index contributed by atoms with van der Waals surface area (Å²) in [5, 5.41) is 4.18. The van der Waals surface area contributed by atoms with Gasteiger partial charge in [0.1, 0.15) is 11.5 Å². The van der Waals surface area contributed by atoms with Crippen LogP contribution in [0.4, 0.5) is 0 Å². The number of aromatic amines is 1. The largest absolute Gasteiger partial charge is 0.497 e. The number of carbonyl (C=O) groups is 1. The summed E-state index contributed by atoms with van der Waals surface area (Å²) in [4.78, 5) is 15.8. The molecule has 0 saturated carbocycles. The van der Waals surface area contributed by atoms with Crippen molar-refractivity contribution in [2.45, 2.75) is 5.92 Å². The first-order valence-corrected chi connectivity index (χ1v) is 10.8. The molecule has 0 aliphatic rings. The van der Waals surface area contributed by atoms with Crippen LogP contribution in [-0.2, 0) is 4.79 Å². The Balaban J connectivity index is 1.47. The van der Waals surface area contributed by atoms with E-state index in [1.165, 1.54) is 0 Å². The molecule has 0 bridgehead atoms. The number of halogens is 1. The highest BCUT2D eigenvalue weighted by molar-refractivity contribution is 9.10. The molecular weight excluding hydrogens is 456 g/mol. The molecule has 4 aromatic rings. The molecule has 1 aromatic heterocycles. The number of para-hydroxylation sites is 1. The van der Waals surface area contributed by atoms with E-state index in [2.05, 4.69) is 50.5 Å². The Hall–Kier alpha value is -3.25. The lowest BCUT2D eigenvalue weighted by Gasteiger charge is -2.18. The molecule has 6 heteroatoms. The first-order valence-electron chi connectivity index (χ1n) is 9.99. The molecule has 0 fully saturated rings. The molecule has 1 atom stereocenters. The molecule has 0 spiro atoms. The van der Waals surface area contributed by atoms with Crippen molar-refractivity contribution < 1.29 is 14.3 Å². The van der Waals surface area contributed by atoms with Gasteiger partial charge in [-0.2, -0.15) is 0 Å². The van der Waals surface area contributed by atoms with Crippen LogP contribution in [0.2, 0.25) is 0 Å². The van der Waals surface area contributed by atoms with E-state index in [1.54, 1.807) is 31.4 Å². The summed E-state index contributed by atoms with van der Waals surface area (Å²) in [6.45, 7) is 0.418. The van der Waals surface area contributed by atoms with Gasteiger partial charge in [0, 0.05) is 34.0 Å². The number of hydrogen-bond acceptors (Lipinski definition) is 3. The number of benzene rings is 3. The number of rotatable bonds is 8. The predicted molar refractivity (Wildman–Crippen MR) is 126 cm³/mol. The van der Waals surface area contributed by atoms with Crippen molar-refractivity contribution in [1.82, 2.24) is 10.3 Å². The van der Waals surface area contributed by atoms with E-state index < -0.39 is 0 Å². The van der Waals surface area contributed by atoms with Crippen LogP contribution >= 0.6 is 15.9 Å². The molecule has 0 aliphatic carbocycles. The van der Waals surface area contributed by atoms with Crippen LogP contribution in [-0.4, -0.2) is 31.2 Å². The van der Waals surface area contributed by atoms with E-state index in [0.29, 0.717) is 12.3 Å². The molecule has 158 valence electrons. The fraction of sp³-hybridized carbons (Fsp3) is 0.160. The molecule has 0 saturated heterocycles. The van der Waals surface area contributed by atoms with Crippen molar-refractivity contribution >= 4 is 32.7 Å². The number of H-pyrrole nitrogens is 1. The first-order chi connectivity index (χ1) is 15.1. The maximum absolute atomic E-state index is 12.5. The van der Waals surface area contributed by atoms with Crippen LogP contribution in [0, 0.1) is 0 Å². The van der Waals surface area contributed by atoms with E-state index in [0.717, 1.165) is 32.3 Å². The highest BCUT2D eigenvalue weighted by Crippen LogP contribution is 2.31. The average Bonchev–Trinajstić information content (AvgIpc) is 3.23. The third-order valence-electron chi connectivity index (χ3n) is 5.20. The molecule has 3 aromatic carbocycles. The van der Waals surface area contributed by atoms with Gasteiger partial charge in [0.15, 0.2) is 6.61 Å². The Bertz CT molecular complexity index is 1150. The van der Waals surface area contributed by atoms with Crippen LogP contribution in [0.25, 0.3) is 10.9 Å². The van der Waals surface area contributed by atoms with E-state index in [1.807, 2.05) is 30.5 Å². The third kappa shape index (κ3) is 5.09. The third-order valence-corrected chi connectivity index (χ3v) is 5.73. The fourth-order valence-electron chi connectivity index (χ4n) is 3.57. The molecule has 1 amide bonds. The zero-order valence-corrected chi connectivity index (χ0v) is 18.7. The molecule has 0 aliphatic heterocycles. The lowest BCUT2D eigenvalue weighted by Crippen LogP contribution is -2.32. The van der Waals surface area contributed by atoms with Crippen LogP contribution < -0.4 is 14.8 Å². The lowest BCUT2D eigenvalue weighted by molar-refractivity contribution is -0.123. The van der Waals surface area contributed by atoms with Crippen LogP contribution in [0.3, 0.4) is 0 Å². The van der Waals surface area contributed by atoms with E-state index in [9.17, 15) is 4.79 Å². The van der Waals surface area contributed by atoms with Crippen molar-refractivity contribution in [1.29, 1.82) is 0 Å². The summed E-state index contributed by atoms with van der Waals surface area (Å²) in [5.74, 6) is 1.21. The van der Waals surface area contributed by atoms with Gasteiger partial charge in [0.25, 0.3) is 5.91 Å². The minimum absolute atomic E-state index is 0.00851. The van der Waals surface area contributed by atoms with Crippen molar-refractivity contribution in [3.8, 4) is 11.5 Å². The molecule has 2 N–H and O–H groups in total. The monoisotopic (exact) mass is 478 g/mol. The Labute approximate surface area is 189 Å². The Morgan fingerprint density at radius 2 is 1.71 bits per heavy atom. The zero-order valence-electron chi connectivity index (χ0n) is 17.1. The number of carbonyl (C=O) groups excluding carboxylic acids is 1. The highest BCUT2D eigenvalue weighted by Gasteiger charge is 2.19. The van der Waals surface area contributed by atoms with Gasteiger partial charge in [-0.25, -0.2) is 0 Å². The van der Waals surface area contributed by atoms with Crippen molar-refractivity contribution in [2.24, 2.45) is 0 Å². The quantitative estimate of drug-likeness (QED) is 0.362. The molecule has 4 rings (SSSR count). The zero-order chi connectivity index (χ0) is 21.6. The molecule has 0 radical (unpaired) electrons. The Morgan fingerprint density at radius 3 is 2.45 bits per heavy atom. The summed E-state index contributed by atoms with van der Waals surface area (Å²) in [6, 6.07) is 23.5. The van der Waals surface area contributed by atoms with Gasteiger partial charge in [-0.15, -0.1) is 0 Å². The molecule has 1 heterocycles. The van der Waals surface area contributed by atoms with Crippen LogP contribution in [0.1, 0.15) is 17.0 Å². The van der Waals surface area contributed by atoms with Crippen LogP contribution in [0.15, 0.2) is 83.5 Å². The van der Waals surface area contributed by atoms with Crippen molar-refractivity contribution in [3.05, 3.63) is 94.6 Å². The Kier molecular flexibility index (Phi) is 6.57. The summed E-state index contributed by atoms with van der Waals surface area (Å²) >= 11 is 3.50. The van der Waals surface area contributed by atoms with E-state index in [4.69, 9.17) is 9.47 Å². The summed E-state index contributed by atoms with van der Waals surface area (Å²) in [5.41, 5.74) is 3.35. The lowest BCUT2D eigenvalue weighted by atomic mass is 9.91. The van der Waals surface area contributed by atoms with Crippen LogP contribution in [0.5, 0.6) is 11.5 Å². The minimum Gasteiger partial charge on any atom is -0.497 e. The predicted octanol–water partition coefficient (Wildman–Crippen LogP) is 5.27. The van der Waals surface area contributed by atoms with Gasteiger partial charge < -0.3 is 19.8 Å². The highest BCUT2D eigenvalue weighted by atomic mass is 79.9. The number of aromatic nitrogens is 1.